The molecule has 0 spiro atoms. The van der Waals surface area contributed by atoms with Gasteiger partial charge in [-0.1, -0.05) is 0 Å². The number of hydrogen-bond acceptors (Lipinski definition) is 4. The zero-order valence-corrected chi connectivity index (χ0v) is 6.39. The van der Waals surface area contributed by atoms with Crippen molar-refractivity contribution in [1.82, 2.24) is 5.32 Å². The second-order valence-corrected chi connectivity index (χ2v) is 2.75. The van der Waals surface area contributed by atoms with Gasteiger partial charge >= 0.3 is 5.97 Å². The molecule has 1 fully saturated rings. The number of hydrogen-bond donors (Lipinski definition) is 1. The molecule has 60 valence electrons. The van der Waals surface area contributed by atoms with E-state index in [9.17, 15) is 4.79 Å². The van der Waals surface area contributed by atoms with E-state index in [0.717, 1.165) is 0 Å². The van der Waals surface area contributed by atoms with Gasteiger partial charge in [0.2, 0.25) is 0 Å². The Morgan fingerprint density at radius 2 is 2.45 bits per heavy atom. The van der Waals surface area contributed by atoms with Crippen LogP contribution in [0.2, 0.25) is 0 Å². The van der Waals surface area contributed by atoms with Gasteiger partial charge in [0, 0.05) is 13.1 Å². The summed E-state index contributed by atoms with van der Waals surface area (Å²) in [6.07, 6.45) is 0.201. The van der Waals surface area contributed by atoms with E-state index >= 15 is 0 Å². The summed E-state index contributed by atoms with van der Waals surface area (Å²) in [7, 11) is 1.33. The number of nitrogens with zero attached hydrogens (tertiary/aromatic N) is 1. The van der Waals surface area contributed by atoms with E-state index in [-0.39, 0.29) is 12.4 Å². The first kappa shape index (κ1) is 8.02. The van der Waals surface area contributed by atoms with Gasteiger partial charge in [-0.25, -0.2) is 0 Å². The molecule has 0 aliphatic carbocycles. The van der Waals surface area contributed by atoms with Crippen LogP contribution in [-0.4, -0.2) is 26.2 Å². The smallest absolute Gasteiger partial charge is 0.307 e. The Hall–Kier alpha value is -1.08. The molecule has 0 atom stereocenters. The van der Waals surface area contributed by atoms with Crippen LogP contribution in [0.4, 0.5) is 0 Å². The predicted octanol–water partition coefficient (Wildman–Crippen LogP) is -0.337. The van der Waals surface area contributed by atoms with Crippen LogP contribution in [0.5, 0.6) is 0 Å². The fourth-order valence-electron chi connectivity index (χ4n) is 1.02. The first-order valence-electron chi connectivity index (χ1n) is 3.41. The van der Waals surface area contributed by atoms with Crippen molar-refractivity contribution < 1.29 is 9.53 Å². The summed E-state index contributed by atoms with van der Waals surface area (Å²) in [4.78, 5) is 10.8. The fourth-order valence-corrected chi connectivity index (χ4v) is 1.02. The van der Waals surface area contributed by atoms with Gasteiger partial charge in [-0.15, -0.1) is 0 Å². The summed E-state index contributed by atoms with van der Waals surface area (Å²) in [5.41, 5.74) is -0.493. The first-order chi connectivity index (χ1) is 5.22. The summed E-state index contributed by atoms with van der Waals surface area (Å²) in [5.74, 6) is -0.312. The second kappa shape index (κ2) is 2.89. The van der Waals surface area contributed by atoms with Crippen LogP contribution < -0.4 is 5.32 Å². The van der Waals surface area contributed by atoms with Crippen LogP contribution in [0.15, 0.2) is 0 Å². The van der Waals surface area contributed by atoms with Crippen LogP contribution in [-0.2, 0) is 9.53 Å². The third-order valence-corrected chi connectivity index (χ3v) is 1.87. The molecule has 0 aromatic heterocycles. The van der Waals surface area contributed by atoms with Crippen LogP contribution in [0.25, 0.3) is 0 Å². The van der Waals surface area contributed by atoms with E-state index < -0.39 is 5.41 Å². The molecule has 1 heterocycles. The number of carbonyl (C=O) groups is 1. The van der Waals surface area contributed by atoms with Gasteiger partial charge in [-0.2, -0.15) is 5.26 Å². The van der Waals surface area contributed by atoms with E-state index in [1.807, 2.05) is 0 Å². The number of nitrogens with one attached hydrogen (secondary N) is 1. The maximum absolute atomic E-state index is 10.8. The van der Waals surface area contributed by atoms with Crippen molar-refractivity contribution in [3.8, 4) is 6.07 Å². The van der Waals surface area contributed by atoms with Crippen LogP contribution in [0.1, 0.15) is 6.42 Å². The van der Waals surface area contributed by atoms with E-state index in [1.165, 1.54) is 7.11 Å². The summed E-state index contributed by atoms with van der Waals surface area (Å²) < 4.78 is 4.47. The van der Waals surface area contributed by atoms with Crippen molar-refractivity contribution in [3.05, 3.63) is 0 Å². The number of ether oxygens (including phenoxy) is 1. The van der Waals surface area contributed by atoms with Crippen molar-refractivity contribution >= 4 is 5.97 Å². The largest absolute Gasteiger partial charge is 0.469 e. The third-order valence-electron chi connectivity index (χ3n) is 1.87. The summed E-state index contributed by atoms with van der Waals surface area (Å²) >= 11 is 0. The highest BCUT2D eigenvalue weighted by atomic mass is 16.5. The third kappa shape index (κ3) is 1.49. The lowest BCUT2D eigenvalue weighted by Gasteiger charge is -2.34. The molecule has 0 unspecified atom stereocenters. The van der Waals surface area contributed by atoms with E-state index in [2.05, 4.69) is 16.1 Å². The number of rotatable bonds is 2. The number of carbonyl (C=O) groups excluding carboxylic acids is 1. The van der Waals surface area contributed by atoms with Gasteiger partial charge < -0.3 is 10.1 Å². The fraction of sp³-hybridized carbons (Fsp3) is 0.714. The Labute approximate surface area is 65.1 Å². The molecule has 0 aromatic carbocycles. The van der Waals surface area contributed by atoms with Gasteiger partial charge in [0.1, 0.15) is 0 Å². The first-order valence-corrected chi connectivity index (χ1v) is 3.41. The van der Waals surface area contributed by atoms with Crippen molar-refractivity contribution in [2.24, 2.45) is 5.41 Å². The lowest BCUT2D eigenvalue weighted by molar-refractivity contribution is -0.143. The van der Waals surface area contributed by atoms with Crippen LogP contribution in [0, 0.1) is 16.7 Å². The molecule has 1 saturated heterocycles. The van der Waals surface area contributed by atoms with Crippen molar-refractivity contribution in [2.45, 2.75) is 6.42 Å². The van der Waals surface area contributed by atoms with Crippen LogP contribution >= 0.6 is 0 Å². The highest BCUT2D eigenvalue weighted by Gasteiger charge is 2.39. The highest BCUT2D eigenvalue weighted by Crippen LogP contribution is 2.25. The van der Waals surface area contributed by atoms with Gasteiger partial charge in [-0.05, 0) is 0 Å². The number of esters is 1. The van der Waals surface area contributed by atoms with Crippen molar-refractivity contribution in [1.29, 1.82) is 5.26 Å². The van der Waals surface area contributed by atoms with E-state index in [0.29, 0.717) is 13.1 Å². The van der Waals surface area contributed by atoms with E-state index in [1.54, 1.807) is 0 Å². The Balaban J connectivity index is 2.46. The molecule has 1 aliphatic rings. The molecule has 1 aliphatic heterocycles. The van der Waals surface area contributed by atoms with Crippen molar-refractivity contribution in [2.75, 3.05) is 20.2 Å². The molecule has 0 amide bonds. The SMILES string of the molecule is COC(=O)CC1(C#N)CNC1. The average Bonchev–Trinajstić information content (AvgIpc) is 1.96. The molecule has 4 heteroatoms. The zero-order chi connectivity index (χ0) is 8.32. The molecule has 11 heavy (non-hydrogen) atoms. The molecule has 1 rings (SSSR count). The van der Waals surface area contributed by atoms with Gasteiger partial charge in [-0.3, -0.25) is 4.79 Å². The lowest BCUT2D eigenvalue weighted by atomic mass is 9.80. The Morgan fingerprint density at radius 1 is 1.82 bits per heavy atom. The molecule has 0 radical (unpaired) electrons. The average molecular weight is 154 g/mol. The van der Waals surface area contributed by atoms with E-state index in [4.69, 9.17) is 5.26 Å². The van der Waals surface area contributed by atoms with Gasteiger partial charge in [0.15, 0.2) is 0 Å². The molecule has 0 aromatic rings. The molecular formula is C7H10N2O2. The molecule has 4 nitrogen and oxygen atoms in total. The maximum atomic E-state index is 10.8. The van der Waals surface area contributed by atoms with Gasteiger partial charge in [0.25, 0.3) is 0 Å². The minimum atomic E-state index is -0.493. The molecule has 0 bridgehead atoms. The van der Waals surface area contributed by atoms with Crippen molar-refractivity contribution in [3.63, 3.8) is 0 Å². The predicted molar refractivity (Wildman–Crippen MR) is 37.5 cm³/mol. The highest BCUT2D eigenvalue weighted by molar-refractivity contribution is 5.71. The normalized spacial score (nSPS) is 19.6. The quantitative estimate of drug-likeness (QED) is 0.553. The lowest BCUT2D eigenvalue weighted by Crippen LogP contribution is -2.53. The second-order valence-electron chi connectivity index (χ2n) is 2.75. The standard InChI is InChI=1S/C7H10N2O2/c1-11-6(10)2-7(3-8)4-9-5-7/h9H,2,4-5H2,1H3. The summed E-state index contributed by atoms with van der Waals surface area (Å²) in [6.45, 7) is 1.19. The minimum absolute atomic E-state index is 0.201. The van der Waals surface area contributed by atoms with Gasteiger partial charge in [0.05, 0.1) is 25.0 Å². The number of nitriles is 1. The Morgan fingerprint density at radius 3 is 2.73 bits per heavy atom. The van der Waals surface area contributed by atoms with Crippen LogP contribution in [0.3, 0.4) is 0 Å². The molecule has 1 N–H and O–H groups in total. The zero-order valence-electron chi connectivity index (χ0n) is 6.39. The number of methoxy groups -OCH3 is 1. The minimum Gasteiger partial charge on any atom is -0.469 e. The molecular weight excluding hydrogens is 144 g/mol. The summed E-state index contributed by atoms with van der Waals surface area (Å²) in [6, 6.07) is 2.12. The molecule has 0 saturated carbocycles. The Bertz CT molecular complexity index is 203. The Kier molecular flexibility index (Phi) is 2.11. The topological polar surface area (TPSA) is 62.1 Å². The monoisotopic (exact) mass is 154 g/mol. The maximum Gasteiger partial charge on any atom is 0.307 e. The summed E-state index contributed by atoms with van der Waals surface area (Å²) in [5, 5.41) is 11.6.